The van der Waals surface area contributed by atoms with Gasteiger partial charge in [0.05, 0.1) is 18.0 Å². The van der Waals surface area contributed by atoms with Gasteiger partial charge in [-0.1, -0.05) is 18.3 Å². The second-order valence-corrected chi connectivity index (χ2v) is 3.97. The Kier molecular flexibility index (Phi) is 2.75. The van der Waals surface area contributed by atoms with Gasteiger partial charge in [0, 0.05) is 11.3 Å². The summed E-state index contributed by atoms with van der Waals surface area (Å²) in [6.07, 6.45) is 0. The maximum absolute atomic E-state index is 5.72. The fraction of sp³-hybridized carbons (Fsp3) is 0.167. The molecule has 4 heteroatoms. The first-order valence-corrected chi connectivity index (χ1v) is 5.28. The first-order valence-electron chi connectivity index (χ1n) is 4.87. The monoisotopic (exact) mass is 232 g/mol. The number of aromatic nitrogens is 1. The largest absolute Gasteiger partial charge is 0.496 e. The maximum Gasteiger partial charge on any atom is 0.128 e. The Balaban J connectivity index is 2.91. The molecule has 0 radical (unpaired) electrons. The molecule has 16 heavy (non-hydrogen) atoms. The summed E-state index contributed by atoms with van der Waals surface area (Å²) in [5.74, 6) is 0.743. The van der Waals surface area contributed by atoms with Crippen molar-refractivity contribution in [2.75, 3.05) is 7.11 Å². The Morgan fingerprint density at radius 1 is 1.44 bits per heavy atom. The fourth-order valence-electron chi connectivity index (χ4n) is 1.75. The van der Waals surface area contributed by atoms with Crippen molar-refractivity contribution in [2.24, 2.45) is 5.73 Å². The molecule has 1 aromatic carbocycles. The van der Waals surface area contributed by atoms with E-state index in [4.69, 9.17) is 22.7 Å². The summed E-state index contributed by atoms with van der Waals surface area (Å²) in [5.41, 5.74) is 8.28. The van der Waals surface area contributed by atoms with E-state index in [2.05, 4.69) is 4.98 Å². The van der Waals surface area contributed by atoms with Gasteiger partial charge in [-0.2, -0.15) is 0 Å². The average molecular weight is 232 g/mol. The van der Waals surface area contributed by atoms with E-state index >= 15 is 0 Å². The van der Waals surface area contributed by atoms with Crippen molar-refractivity contribution < 1.29 is 4.74 Å². The Hall–Kier alpha value is -1.68. The van der Waals surface area contributed by atoms with E-state index in [0.29, 0.717) is 4.99 Å². The van der Waals surface area contributed by atoms with Crippen molar-refractivity contribution in [3.8, 4) is 5.75 Å². The molecule has 2 rings (SSSR count). The van der Waals surface area contributed by atoms with E-state index in [9.17, 15) is 0 Å². The maximum atomic E-state index is 5.72. The molecule has 0 fully saturated rings. The molecule has 0 aliphatic rings. The Labute approximate surface area is 99.2 Å². The van der Waals surface area contributed by atoms with Gasteiger partial charge in [-0.3, -0.25) is 4.98 Å². The Bertz CT molecular complexity index is 566. The average Bonchev–Trinajstić information content (AvgIpc) is 2.26. The van der Waals surface area contributed by atoms with E-state index in [1.807, 2.05) is 31.2 Å². The third-order valence-corrected chi connectivity index (χ3v) is 2.63. The molecule has 2 aromatic rings. The summed E-state index contributed by atoms with van der Waals surface area (Å²) < 4.78 is 5.30. The number of hydrogen-bond donors (Lipinski definition) is 1. The summed E-state index contributed by atoms with van der Waals surface area (Å²) in [6.45, 7) is 1.92. The normalized spacial score (nSPS) is 10.4. The lowest BCUT2D eigenvalue weighted by molar-refractivity contribution is 0.419. The number of ether oxygens (including phenoxy) is 1. The van der Waals surface area contributed by atoms with Crippen LogP contribution in [0.15, 0.2) is 24.3 Å². The summed E-state index contributed by atoms with van der Waals surface area (Å²) in [5, 5.41) is 0.878. The summed E-state index contributed by atoms with van der Waals surface area (Å²) in [6, 6.07) is 7.58. The van der Waals surface area contributed by atoms with E-state index in [1.165, 1.54) is 0 Å². The van der Waals surface area contributed by atoms with E-state index in [1.54, 1.807) is 7.11 Å². The molecular formula is C12H12N2OS. The minimum Gasteiger partial charge on any atom is -0.496 e. The Morgan fingerprint density at radius 2 is 2.19 bits per heavy atom. The summed E-state index contributed by atoms with van der Waals surface area (Å²) in [4.78, 5) is 4.79. The molecule has 0 unspecified atom stereocenters. The van der Waals surface area contributed by atoms with E-state index < -0.39 is 0 Å². The summed E-state index contributed by atoms with van der Waals surface area (Å²) >= 11 is 5.05. The second-order valence-electron chi connectivity index (χ2n) is 3.53. The van der Waals surface area contributed by atoms with Crippen LogP contribution in [0.5, 0.6) is 5.75 Å². The zero-order chi connectivity index (χ0) is 11.7. The molecule has 0 bridgehead atoms. The molecule has 0 aliphatic heterocycles. The number of pyridine rings is 1. The number of thiocarbonyl (C=S) groups is 1. The highest BCUT2D eigenvalue weighted by molar-refractivity contribution is 7.80. The molecule has 0 saturated carbocycles. The van der Waals surface area contributed by atoms with Crippen molar-refractivity contribution >= 4 is 28.1 Å². The van der Waals surface area contributed by atoms with Crippen LogP contribution < -0.4 is 10.5 Å². The quantitative estimate of drug-likeness (QED) is 0.806. The van der Waals surface area contributed by atoms with Gasteiger partial charge in [0.1, 0.15) is 10.7 Å². The highest BCUT2D eigenvalue weighted by Gasteiger charge is 2.10. The molecule has 2 N–H and O–H groups in total. The van der Waals surface area contributed by atoms with Gasteiger partial charge in [-0.15, -0.1) is 0 Å². The zero-order valence-corrected chi connectivity index (χ0v) is 9.97. The van der Waals surface area contributed by atoms with Crippen LogP contribution in [0.25, 0.3) is 10.9 Å². The number of nitrogens with zero attached hydrogens (tertiary/aromatic N) is 1. The first-order chi connectivity index (χ1) is 7.63. The topological polar surface area (TPSA) is 48.1 Å². The van der Waals surface area contributed by atoms with Crippen LogP contribution in [0.2, 0.25) is 0 Å². The zero-order valence-electron chi connectivity index (χ0n) is 9.15. The molecule has 0 spiro atoms. The predicted molar refractivity (Wildman–Crippen MR) is 68.9 cm³/mol. The molecule has 0 atom stereocenters. The number of methoxy groups -OCH3 is 1. The van der Waals surface area contributed by atoms with Crippen molar-refractivity contribution in [1.82, 2.24) is 4.98 Å². The second kappa shape index (κ2) is 4.06. The predicted octanol–water partition coefficient (Wildman–Crippen LogP) is 2.19. The van der Waals surface area contributed by atoms with Crippen LogP contribution in [-0.2, 0) is 0 Å². The SMILES string of the molecule is COc1cccc2nc(C)cc(C(N)=S)c12. The lowest BCUT2D eigenvalue weighted by atomic mass is 10.1. The molecule has 1 heterocycles. The van der Waals surface area contributed by atoms with Gasteiger partial charge < -0.3 is 10.5 Å². The van der Waals surface area contributed by atoms with Crippen LogP contribution in [-0.4, -0.2) is 17.1 Å². The Morgan fingerprint density at radius 3 is 2.81 bits per heavy atom. The number of fused-ring (bicyclic) bond motifs is 1. The van der Waals surface area contributed by atoms with Crippen LogP contribution >= 0.6 is 12.2 Å². The van der Waals surface area contributed by atoms with Gasteiger partial charge in [0.25, 0.3) is 0 Å². The third-order valence-electron chi connectivity index (χ3n) is 2.41. The number of aryl methyl sites for hydroxylation is 1. The van der Waals surface area contributed by atoms with Gasteiger partial charge in [-0.05, 0) is 25.1 Å². The van der Waals surface area contributed by atoms with Crippen molar-refractivity contribution in [1.29, 1.82) is 0 Å². The van der Waals surface area contributed by atoms with Crippen LogP contribution in [0.3, 0.4) is 0 Å². The van der Waals surface area contributed by atoms with Crippen molar-refractivity contribution in [3.05, 3.63) is 35.5 Å². The fourth-order valence-corrected chi connectivity index (χ4v) is 1.91. The van der Waals surface area contributed by atoms with Crippen LogP contribution in [0.1, 0.15) is 11.3 Å². The molecule has 1 aromatic heterocycles. The minimum atomic E-state index is 0.361. The molecule has 0 saturated heterocycles. The van der Waals surface area contributed by atoms with Crippen molar-refractivity contribution in [2.45, 2.75) is 6.92 Å². The number of benzene rings is 1. The lowest BCUT2D eigenvalue weighted by Crippen LogP contribution is -2.11. The van der Waals surface area contributed by atoms with Gasteiger partial charge >= 0.3 is 0 Å². The molecule has 82 valence electrons. The third kappa shape index (κ3) is 1.72. The van der Waals surface area contributed by atoms with E-state index in [0.717, 1.165) is 27.9 Å². The first kappa shape index (κ1) is 10.8. The number of rotatable bonds is 2. The van der Waals surface area contributed by atoms with Gasteiger partial charge in [0.15, 0.2) is 0 Å². The molecule has 3 nitrogen and oxygen atoms in total. The van der Waals surface area contributed by atoms with Gasteiger partial charge in [-0.25, -0.2) is 0 Å². The minimum absolute atomic E-state index is 0.361. The van der Waals surface area contributed by atoms with E-state index in [-0.39, 0.29) is 0 Å². The number of nitrogens with two attached hydrogens (primary N) is 1. The van der Waals surface area contributed by atoms with Crippen molar-refractivity contribution in [3.63, 3.8) is 0 Å². The highest BCUT2D eigenvalue weighted by atomic mass is 32.1. The standard InChI is InChI=1S/C12H12N2OS/c1-7-6-8(12(13)16)11-9(14-7)4-3-5-10(11)15-2/h3-6H,1-2H3,(H2,13,16). The highest BCUT2D eigenvalue weighted by Crippen LogP contribution is 2.28. The van der Waals surface area contributed by atoms with Gasteiger partial charge in [0.2, 0.25) is 0 Å². The smallest absolute Gasteiger partial charge is 0.128 e. The number of hydrogen-bond acceptors (Lipinski definition) is 3. The molecular weight excluding hydrogens is 220 g/mol. The van der Waals surface area contributed by atoms with Crippen LogP contribution in [0, 0.1) is 6.92 Å². The summed E-state index contributed by atoms with van der Waals surface area (Å²) in [7, 11) is 1.62. The lowest BCUT2D eigenvalue weighted by Gasteiger charge is -2.10. The molecule has 0 amide bonds. The van der Waals surface area contributed by atoms with Crippen LogP contribution in [0.4, 0.5) is 0 Å². The molecule has 0 aliphatic carbocycles.